The van der Waals surface area contributed by atoms with Crippen LogP contribution in [0.4, 0.5) is 10.1 Å². The molecular formula is C9H11FN2O2S. The minimum Gasteiger partial charge on any atom is -0.399 e. The van der Waals surface area contributed by atoms with E-state index in [1.165, 1.54) is 12.1 Å². The Morgan fingerprint density at radius 3 is 2.80 bits per heavy atom. The van der Waals surface area contributed by atoms with E-state index in [-0.39, 0.29) is 12.2 Å². The molecule has 0 unspecified atom stereocenters. The topological polar surface area (TPSA) is 72.2 Å². The summed E-state index contributed by atoms with van der Waals surface area (Å²) in [6, 6.07) is 3.38. The molecule has 0 heterocycles. The number of nitrogens with two attached hydrogens (primary N) is 1. The number of rotatable bonds is 4. The van der Waals surface area contributed by atoms with Gasteiger partial charge in [0.25, 0.3) is 0 Å². The molecule has 0 saturated heterocycles. The van der Waals surface area contributed by atoms with Crippen molar-refractivity contribution in [2.75, 3.05) is 12.3 Å². The van der Waals surface area contributed by atoms with Crippen molar-refractivity contribution >= 4 is 15.7 Å². The molecule has 0 aliphatic rings. The van der Waals surface area contributed by atoms with E-state index in [4.69, 9.17) is 5.73 Å². The smallest absolute Gasteiger partial charge is 0.243 e. The molecular weight excluding hydrogens is 219 g/mol. The number of halogens is 1. The molecule has 0 aliphatic heterocycles. The third kappa shape index (κ3) is 2.77. The van der Waals surface area contributed by atoms with Gasteiger partial charge in [0, 0.05) is 12.2 Å². The van der Waals surface area contributed by atoms with Crippen LogP contribution in [0.1, 0.15) is 0 Å². The summed E-state index contributed by atoms with van der Waals surface area (Å²) in [6.07, 6.45) is 1.36. The van der Waals surface area contributed by atoms with E-state index in [2.05, 4.69) is 11.3 Å². The van der Waals surface area contributed by atoms with Crippen LogP contribution in [-0.2, 0) is 10.0 Å². The number of sulfonamides is 1. The normalized spacial score (nSPS) is 11.3. The van der Waals surface area contributed by atoms with Crippen molar-refractivity contribution in [2.24, 2.45) is 0 Å². The first-order valence-electron chi connectivity index (χ1n) is 4.13. The molecule has 0 bridgehead atoms. The predicted molar refractivity (Wildman–Crippen MR) is 56.2 cm³/mol. The molecule has 0 spiro atoms. The highest BCUT2D eigenvalue weighted by Crippen LogP contribution is 2.17. The number of benzene rings is 1. The van der Waals surface area contributed by atoms with Crippen LogP contribution in [0.25, 0.3) is 0 Å². The van der Waals surface area contributed by atoms with Gasteiger partial charge in [-0.25, -0.2) is 17.5 Å². The van der Waals surface area contributed by atoms with Gasteiger partial charge in [0.1, 0.15) is 10.7 Å². The summed E-state index contributed by atoms with van der Waals surface area (Å²) >= 11 is 0. The lowest BCUT2D eigenvalue weighted by Crippen LogP contribution is -2.24. The van der Waals surface area contributed by atoms with Gasteiger partial charge < -0.3 is 5.73 Å². The second-order valence-corrected chi connectivity index (χ2v) is 4.57. The lowest BCUT2D eigenvalue weighted by molar-refractivity contribution is 0.560. The third-order valence-corrected chi connectivity index (χ3v) is 3.10. The predicted octanol–water partition coefficient (Wildman–Crippen LogP) is 0.872. The first-order valence-corrected chi connectivity index (χ1v) is 5.61. The molecule has 0 fully saturated rings. The highest BCUT2D eigenvalue weighted by molar-refractivity contribution is 7.89. The van der Waals surface area contributed by atoms with Crippen LogP contribution in [0.5, 0.6) is 0 Å². The van der Waals surface area contributed by atoms with Gasteiger partial charge in [-0.2, -0.15) is 0 Å². The van der Waals surface area contributed by atoms with Crippen molar-refractivity contribution in [3.63, 3.8) is 0 Å². The minimum atomic E-state index is -3.85. The highest BCUT2D eigenvalue weighted by Gasteiger charge is 2.17. The molecule has 0 saturated carbocycles. The van der Waals surface area contributed by atoms with Crippen molar-refractivity contribution in [1.82, 2.24) is 4.72 Å². The molecule has 6 heteroatoms. The van der Waals surface area contributed by atoms with E-state index >= 15 is 0 Å². The Morgan fingerprint density at radius 1 is 1.53 bits per heavy atom. The van der Waals surface area contributed by atoms with Crippen LogP contribution in [0.15, 0.2) is 35.7 Å². The fourth-order valence-corrected chi connectivity index (χ4v) is 2.08. The molecule has 82 valence electrons. The Hall–Kier alpha value is -1.40. The Morgan fingerprint density at radius 2 is 2.20 bits per heavy atom. The van der Waals surface area contributed by atoms with Crippen molar-refractivity contribution in [3.05, 3.63) is 36.7 Å². The zero-order chi connectivity index (χ0) is 11.5. The lowest BCUT2D eigenvalue weighted by Gasteiger charge is -2.06. The Kier molecular flexibility index (Phi) is 3.43. The molecule has 0 amide bonds. The SMILES string of the molecule is C=CCNS(=O)(=O)c1cc(N)ccc1F. The van der Waals surface area contributed by atoms with E-state index in [1.54, 1.807) is 0 Å². The zero-order valence-electron chi connectivity index (χ0n) is 7.90. The van der Waals surface area contributed by atoms with Crippen LogP contribution >= 0.6 is 0 Å². The molecule has 1 aromatic rings. The zero-order valence-corrected chi connectivity index (χ0v) is 8.72. The van der Waals surface area contributed by atoms with E-state index in [9.17, 15) is 12.8 Å². The monoisotopic (exact) mass is 230 g/mol. The standard InChI is InChI=1S/C9H11FN2O2S/c1-2-5-12-15(13,14)9-6-7(11)3-4-8(9)10/h2-4,6,12H,1,5,11H2. The second-order valence-electron chi connectivity index (χ2n) is 2.83. The summed E-state index contributed by atoms with van der Waals surface area (Å²) in [4.78, 5) is -0.454. The maximum Gasteiger partial charge on any atom is 0.243 e. The van der Waals surface area contributed by atoms with Crippen molar-refractivity contribution < 1.29 is 12.8 Å². The van der Waals surface area contributed by atoms with Gasteiger partial charge in [0.15, 0.2) is 0 Å². The summed E-state index contributed by atoms with van der Waals surface area (Å²) in [7, 11) is -3.85. The van der Waals surface area contributed by atoms with Crippen LogP contribution in [0.3, 0.4) is 0 Å². The molecule has 1 aromatic carbocycles. The Labute approximate surface area is 87.7 Å². The van der Waals surface area contributed by atoms with Gasteiger partial charge >= 0.3 is 0 Å². The highest BCUT2D eigenvalue weighted by atomic mass is 32.2. The quantitative estimate of drug-likeness (QED) is 0.595. The average Bonchev–Trinajstić information content (AvgIpc) is 2.18. The largest absolute Gasteiger partial charge is 0.399 e. The summed E-state index contributed by atoms with van der Waals surface area (Å²) in [5, 5.41) is 0. The van der Waals surface area contributed by atoms with E-state index < -0.39 is 20.7 Å². The number of nitrogens with one attached hydrogen (secondary N) is 1. The van der Waals surface area contributed by atoms with Gasteiger partial charge in [-0.3, -0.25) is 0 Å². The molecule has 0 atom stereocenters. The lowest BCUT2D eigenvalue weighted by atomic mass is 10.3. The fraction of sp³-hybridized carbons (Fsp3) is 0.111. The first kappa shape index (κ1) is 11.7. The van der Waals surface area contributed by atoms with Crippen molar-refractivity contribution in [1.29, 1.82) is 0 Å². The summed E-state index contributed by atoms with van der Waals surface area (Å²) in [5.41, 5.74) is 5.56. The molecule has 0 aliphatic carbocycles. The molecule has 4 nitrogen and oxygen atoms in total. The van der Waals surface area contributed by atoms with Gasteiger partial charge in [-0.15, -0.1) is 6.58 Å². The van der Waals surface area contributed by atoms with E-state index in [0.717, 1.165) is 12.1 Å². The second kappa shape index (κ2) is 4.41. The van der Waals surface area contributed by atoms with Gasteiger partial charge in [0.05, 0.1) is 0 Å². The number of anilines is 1. The summed E-state index contributed by atoms with van der Waals surface area (Å²) in [5.74, 6) is -0.833. The van der Waals surface area contributed by atoms with Gasteiger partial charge in [-0.05, 0) is 18.2 Å². The third-order valence-electron chi connectivity index (χ3n) is 1.66. The van der Waals surface area contributed by atoms with Crippen molar-refractivity contribution in [3.8, 4) is 0 Å². The van der Waals surface area contributed by atoms with Gasteiger partial charge in [0.2, 0.25) is 10.0 Å². The fourth-order valence-electron chi connectivity index (χ4n) is 0.972. The van der Waals surface area contributed by atoms with E-state index in [1.807, 2.05) is 0 Å². The summed E-state index contributed by atoms with van der Waals surface area (Å²) < 4.78 is 38.4. The Balaban J connectivity index is 3.14. The minimum absolute atomic E-state index is 0.0383. The molecule has 0 aromatic heterocycles. The Bertz CT molecular complexity index is 471. The maximum absolute atomic E-state index is 13.2. The average molecular weight is 230 g/mol. The molecule has 0 radical (unpaired) electrons. The van der Waals surface area contributed by atoms with Crippen LogP contribution in [0.2, 0.25) is 0 Å². The van der Waals surface area contributed by atoms with Gasteiger partial charge in [-0.1, -0.05) is 6.08 Å². The molecule has 15 heavy (non-hydrogen) atoms. The molecule has 1 rings (SSSR count). The molecule has 3 N–H and O–H groups in total. The number of nitrogen functional groups attached to an aromatic ring is 1. The maximum atomic E-state index is 13.2. The number of hydrogen-bond donors (Lipinski definition) is 2. The van der Waals surface area contributed by atoms with Crippen molar-refractivity contribution in [2.45, 2.75) is 4.90 Å². The van der Waals surface area contributed by atoms with Crippen LogP contribution in [-0.4, -0.2) is 15.0 Å². The first-order chi connectivity index (χ1) is 6.97. The van der Waals surface area contributed by atoms with Crippen LogP contribution < -0.4 is 10.5 Å². The van der Waals surface area contributed by atoms with Crippen LogP contribution in [0, 0.1) is 5.82 Å². The van der Waals surface area contributed by atoms with E-state index in [0.29, 0.717) is 0 Å². The number of hydrogen-bond acceptors (Lipinski definition) is 3. The summed E-state index contributed by atoms with van der Waals surface area (Å²) in [6.45, 7) is 3.39.